The van der Waals surface area contributed by atoms with Crippen LogP contribution in [0.1, 0.15) is 6.92 Å². The van der Waals surface area contributed by atoms with Gasteiger partial charge in [0, 0.05) is 0 Å². The predicted molar refractivity (Wildman–Crippen MR) is 30.8 cm³/mol. The second kappa shape index (κ2) is 3.84. The molecule has 1 atom stereocenters. The molecule has 0 aliphatic rings. The minimum absolute atomic E-state index is 0.796. The van der Waals surface area contributed by atoms with Crippen molar-refractivity contribution in [1.29, 1.82) is 0 Å². The van der Waals surface area contributed by atoms with Crippen molar-refractivity contribution in [3.8, 4) is 0 Å². The molecule has 0 fully saturated rings. The van der Waals surface area contributed by atoms with Crippen LogP contribution in [0, 0.1) is 0 Å². The third-order valence-corrected chi connectivity index (χ3v) is 0.879. The summed E-state index contributed by atoms with van der Waals surface area (Å²) in [7, 11) is 0. The Kier molecular flexibility index (Phi) is 3.42. The van der Waals surface area contributed by atoms with Gasteiger partial charge in [-0.25, -0.2) is 5.11 Å². The van der Waals surface area contributed by atoms with E-state index in [1.54, 1.807) is 0 Å². The standard InChI is InChI=1S/C5H8NO4/c1-3(5(9)10)6-4(8)2-7/h3H,2H2,1H3,(H,6,8)(H,9,10). The Labute approximate surface area is 57.7 Å². The van der Waals surface area contributed by atoms with E-state index in [4.69, 9.17) is 5.11 Å². The lowest BCUT2D eigenvalue weighted by Crippen LogP contribution is -2.39. The number of carbonyl (C=O) groups excluding carboxylic acids is 1. The van der Waals surface area contributed by atoms with Crippen LogP contribution >= 0.6 is 0 Å². The van der Waals surface area contributed by atoms with Crippen LogP contribution in [-0.4, -0.2) is 29.6 Å². The maximum atomic E-state index is 10.2. The zero-order chi connectivity index (χ0) is 8.15. The van der Waals surface area contributed by atoms with Gasteiger partial charge in [-0.2, -0.15) is 0 Å². The number of hydrogen-bond donors (Lipinski definition) is 2. The summed E-state index contributed by atoms with van der Waals surface area (Å²) in [6.07, 6.45) is 0. The maximum absolute atomic E-state index is 10.2. The summed E-state index contributed by atoms with van der Waals surface area (Å²) in [4.78, 5) is 20.3. The highest BCUT2D eigenvalue weighted by molar-refractivity contribution is 5.83. The van der Waals surface area contributed by atoms with Crippen molar-refractivity contribution >= 4 is 11.9 Å². The first-order valence-electron chi connectivity index (χ1n) is 2.68. The fourth-order valence-corrected chi connectivity index (χ4v) is 0.345. The second-order valence-corrected chi connectivity index (χ2v) is 1.77. The first-order chi connectivity index (χ1) is 4.57. The number of hydrogen-bond acceptors (Lipinski definition) is 2. The van der Waals surface area contributed by atoms with Gasteiger partial charge in [-0.05, 0) is 6.92 Å². The smallest absolute Gasteiger partial charge is 0.325 e. The molecule has 0 heterocycles. The average molecular weight is 146 g/mol. The van der Waals surface area contributed by atoms with Gasteiger partial charge in [0.25, 0.3) is 0 Å². The molecule has 0 saturated heterocycles. The Bertz CT molecular complexity index is 145. The van der Waals surface area contributed by atoms with Crippen molar-refractivity contribution in [3.63, 3.8) is 0 Å². The third kappa shape index (κ3) is 3.03. The van der Waals surface area contributed by atoms with Crippen LogP contribution in [0.15, 0.2) is 0 Å². The van der Waals surface area contributed by atoms with Crippen LogP contribution in [0.25, 0.3) is 0 Å². The lowest BCUT2D eigenvalue weighted by atomic mass is 10.3. The molecular formula is C5H8NO4. The number of amides is 1. The summed E-state index contributed by atoms with van der Waals surface area (Å²) >= 11 is 0. The Balaban J connectivity index is 3.68. The van der Waals surface area contributed by atoms with E-state index in [9.17, 15) is 14.7 Å². The van der Waals surface area contributed by atoms with Crippen molar-refractivity contribution in [1.82, 2.24) is 5.32 Å². The van der Waals surface area contributed by atoms with Crippen molar-refractivity contribution in [2.24, 2.45) is 0 Å². The van der Waals surface area contributed by atoms with E-state index in [1.165, 1.54) is 6.92 Å². The SMILES string of the molecule is CC(NC(=O)C[O])C(=O)O. The molecule has 57 valence electrons. The minimum atomic E-state index is -1.15. The van der Waals surface area contributed by atoms with Crippen LogP contribution in [0.2, 0.25) is 0 Å². The van der Waals surface area contributed by atoms with Crippen LogP contribution in [0.4, 0.5) is 0 Å². The maximum Gasteiger partial charge on any atom is 0.325 e. The molecule has 0 aromatic rings. The molecule has 1 amide bonds. The predicted octanol–water partition coefficient (Wildman–Crippen LogP) is -0.994. The molecule has 0 spiro atoms. The number of carboxylic acid groups (broad SMARTS) is 1. The van der Waals surface area contributed by atoms with E-state index in [0.717, 1.165) is 0 Å². The van der Waals surface area contributed by atoms with Gasteiger partial charge in [-0.15, -0.1) is 0 Å². The van der Waals surface area contributed by atoms with E-state index < -0.39 is 24.5 Å². The Morgan fingerprint density at radius 2 is 2.10 bits per heavy atom. The highest BCUT2D eigenvalue weighted by Gasteiger charge is 2.12. The molecule has 1 radical (unpaired) electrons. The van der Waals surface area contributed by atoms with Gasteiger partial charge in [-0.3, -0.25) is 9.59 Å². The highest BCUT2D eigenvalue weighted by Crippen LogP contribution is 1.79. The van der Waals surface area contributed by atoms with Crippen molar-refractivity contribution in [3.05, 3.63) is 0 Å². The van der Waals surface area contributed by atoms with Crippen LogP contribution < -0.4 is 5.32 Å². The first-order valence-corrected chi connectivity index (χ1v) is 2.68. The molecule has 2 N–H and O–H groups in total. The largest absolute Gasteiger partial charge is 0.480 e. The van der Waals surface area contributed by atoms with E-state index in [-0.39, 0.29) is 0 Å². The highest BCUT2D eigenvalue weighted by atomic mass is 16.4. The van der Waals surface area contributed by atoms with Crippen LogP contribution in [0.3, 0.4) is 0 Å². The second-order valence-electron chi connectivity index (χ2n) is 1.77. The monoisotopic (exact) mass is 146 g/mol. The topological polar surface area (TPSA) is 86.3 Å². The lowest BCUT2D eigenvalue weighted by molar-refractivity contribution is -0.141. The van der Waals surface area contributed by atoms with Crippen LogP contribution in [-0.2, 0) is 14.7 Å². The van der Waals surface area contributed by atoms with Crippen molar-refractivity contribution in [2.45, 2.75) is 13.0 Å². The number of carboxylic acids is 1. The van der Waals surface area contributed by atoms with Gasteiger partial charge >= 0.3 is 5.97 Å². The van der Waals surface area contributed by atoms with E-state index in [1.807, 2.05) is 5.32 Å². The fourth-order valence-electron chi connectivity index (χ4n) is 0.345. The molecule has 0 aromatic carbocycles. The normalized spacial score (nSPS) is 12.2. The number of carbonyl (C=O) groups is 2. The number of rotatable bonds is 3. The number of aliphatic carboxylic acids is 1. The Morgan fingerprint density at radius 1 is 1.60 bits per heavy atom. The van der Waals surface area contributed by atoms with Crippen molar-refractivity contribution < 1.29 is 19.8 Å². The first kappa shape index (κ1) is 8.90. The molecule has 0 bridgehead atoms. The van der Waals surface area contributed by atoms with Gasteiger partial charge in [-0.1, -0.05) is 0 Å². The summed E-state index contributed by atoms with van der Waals surface area (Å²) < 4.78 is 0. The Morgan fingerprint density at radius 3 is 2.40 bits per heavy atom. The lowest BCUT2D eigenvalue weighted by Gasteiger charge is -2.05. The summed E-state index contributed by atoms with van der Waals surface area (Å²) in [6.45, 7) is 0.355. The molecule has 0 aliphatic heterocycles. The molecule has 5 heteroatoms. The zero-order valence-corrected chi connectivity index (χ0v) is 5.46. The van der Waals surface area contributed by atoms with Crippen molar-refractivity contribution in [2.75, 3.05) is 6.61 Å². The quantitative estimate of drug-likeness (QED) is 0.535. The molecule has 0 aromatic heterocycles. The molecule has 0 aliphatic carbocycles. The number of nitrogens with one attached hydrogen (secondary N) is 1. The zero-order valence-electron chi connectivity index (χ0n) is 5.46. The summed E-state index contributed by atoms with van der Waals surface area (Å²) in [5.74, 6) is -1.95. The molecule has 10 heavy (non-hydrogen) atoms. The summed E-state index contributed by atoms with van der Waals surface area (Å²) in [6, 6.07) is -0.985. The van der Waals surface area contributed by atoms with Gasteiger partial charge in [0.1, 0.15) is 6.04 Å². The fraction of sp³-hybridized carbons (Fsp3) is 0.600. The molecule has 5 nitrogen and oxygen atoms in total. The summed E-state index contributed by atoms with van der Waals surface area (Å²) in [5.41, 5.74) is 0. The van der Waals surface area contributed by atoms with E-state index in [2.05, 4.69) is 0 Å². The molecular weight excluding hydrogens is 138 g/mol. The summed E-state index contributed by atoms with van der Waals surface area (Å²) in [5, 5.41) is 20.0. The minimum Gasteiger partial charge on any atom is -0.480 e. The average Bonchev–Trinajstić information content (AvgIpc) is 1.87. The van der Waals surface area contributed by atoms with Crippen LogP contribution in [0.5, 0.6) is 0 Å². The molecule has 0 rings (SSSR count). The van der Waals surface area contributed by atoms with Gasteiger partial charge in [0.15, 0.2) is 6.61 Å². The third-order valence-electron chi connectivity index (χ3n) is 0.879. The molecule has 1 unspecified atom stereocenters. The van der Waals surface area contributed by atoms with E-state index >= 15 is 0 Å². The van der Waals surface area contributed by atoms with Gasteiger partial charge < -0.3 is 10.4 Å². The van der Waals surface area contributed by atoms with E-state index in [0.29, 0.717) is 0 Å². The van der Waals surface area contributed by atoms with Gasteiger partial charge in [0.05, 0.1) is 0 Å². The molecule has 0 saturated carbocycles. The Hall–Kier alpha value is -1.10. The van der Waals surface area contributed by atoms with Gasteiger partial charge in [0.2, 0.25) is 5.91 Å².